The molecule has 1 saturated heterocycles. The molecule has 2 heterocycles. The first kappa shape index (κ1) is 19.3. The lowest BCUT2D eigenvalue weighted by molar-refractivity contribution is 0.00578. The van der Waals surface area contributed by atoms with Crippen LogP contribution >= 0.6 is 11.6 Å². The average Bonchev–Trinajstić information content (AvgIpc) is 2.86. The average molecular weight is 399 g/mol. The third-order valence-corrected chi connectivity index (χ3v) is 6.09. The lowest BCUT2D eigenvalue weighted by Crippen LogP contribution is -2.41. The van der Waals surface area contributed by atoms with Gasteiger partial charge in [-0.05, 0) is 45.9 Å². The van der Waals surface area contributed by atoms with E-state index in [1.165, 1.54) is 0 Å². The van der Waals surface area contributed by atoms with Crippen molar-refractivity contribution in [1.82, 2.24) is 0 Å². The molecule has 0 aromatic heterocycles. The van der Waals surface area contributed by atoms with E-state index in [9.17, 15) is 0 Å². The van der Waals surface area contributed by atoms with Crippen molar-refractivity contribution in [2.75, 3.05) is 18.7 Å². The second kappa shape index (κ2) is 6.80. The smallest absolute Gasteiger partial charge is 0.456 e. The van der Waals surface area contributed by atoms with Gasteiger partial charge in [0.2, 0.25) is 5.90 Å². The minimum Gasteiger partial charge on any atom is -0.456 e. The Bertz CT molecular complexity index is 929. The highest BCUT2D eigenvalue weighted by Gasteiger charge is 2.52. The molecule has 5 nitrogen and oxygen atoms in total. The maximum atomic E-state index is 6.72. The van der Waals surface area contributed by atoms with Gasteiger partial charge in [0.25, 0.3) is 0 Å². The molecule has 146 valence electrons. The fourth-order valence-electron chi connectivity index (χ4n) is 3.27. The molecule has 0 aliphatic carbocycles. The van der Waals surface area contributed by atoms with Gasteiger partial charge in [-0.3, -0.25) is 0 Å². The molecule has 2 aliphatic heterocycles. The Morgan fingerprint density at radius 1 is 1.00 bits per heavy atom. The van der Waals surface area contributed by atoms with Gasteiger partial charge in [0.05, 0.1) is 33.2 Å². The maximum absolute atomic E-state index is 6.72. The van der Waals surface area contributed by atoms with E-state index in [1.807, 2.05) is 76.0 Å². The first-order chi connectivity index (χ1) is 13.2. The SMILES string of the molecule is CN1COC(=Nc2cccc(B3OC(C)(C)C(C)(C)O3)c2Cl)c2ccccc21. The number of fused-ring (bicyclic) bond motifs is 1. The van der Waals surface area contributed by atoms with E-state index >= 15 is 0 Å². The zero-order valence-corrected chi connectivity index (χ0v) is 17.6. The van der Waals surface area contributed by atoms with Gasteiger partial charge in [-0.2, -0.15) is 0 Å². The van der Waals surface area contributed by atoms with Crippen LogP contribution in [-0.4, -0.2) is 38.0 Å². The van der Waals surface area contributed by atoms with Crippen molar-refractivity contribution in [2.24, 2.45) is 4.99 Å². The van der Waals surface area contributed by atoms with E-state index in [-0.39, 0.29) is 0 Å². The lowest BCUT2D eigenvalue weighted by atomic mass is 9.79. The highest BCUT2D eigenvalue weighted by Crippen LogP contribution is 2.38. The first-order valence-corrected chi connectivity index (χ1v) is 9.73. The molecule has 0 spiro atoms. The maximum Gasteiger partial charge on any atom is 0.496 e. The van der Waals surface area contributed by atoms with Crippen LogP contribution in [0.5, 0.6) is 0 Å². The third kappa shape index (κ3) is 3.19. The van der Waals surface area contributed by atoms with Gasteiger partial charge < -0.3 is 18.9 Å². The number of benzene rings is 2. The minimum absolute atomic E-state index is 0.432. The monoisotopic (exact) mass is 398 g/mol. The van der Waals surface area contributed by atoms with Gasteiger partial charge in [0.15, 0.2) is 6.73 Å². The summed E-state index contributed by atoms with van der Waals surface area (Å²) in [6.45, 7) is 8.52. The van der Waals surface area contributed by atoms with Gasteiger partial charge in [-0.1, -0.05) is 35.9 Å². The molecule has 0 N–H and O–H groups in total. The Hall–Kier alpha value is -2.02. The van der Waals surface area contributed by atoms with E-state index in [2.05, 4.69) is 6.07 Å². The number of nitrogens with zero attached hydrogens (tertiary/aromatic N) is 2. The predicted molar refractivity (Wildman–Crippen MR) is 114 cm³/mol. The van der Waals surface area contributed by atoms with Crippen molar-refractivity contribution in [2.45, 2.75) is 38.9 Å². The van der Waals surface area contributed by atoms with Crippen molar-refractivity contribution in [3.8, 4) is 0 Å². The number of rotatable bonds is 2. The molecule has 4 rings (SSSR count). The van der Waals surface area contributed by atoms with E-state index in [1.54, 1.807) is 0 Å². The van der Waals surface area contributed by atoms with Crippen LogP contribution in [0.15, 0.2) is 47.5 Å². The first-order valence-electron chi connectivity index (χ1n) is 9.36. The van der Waals surface area contributed by atoms with Crippen LogP contribution in [0.3, 0.4) is 0 Å². The van der Waals surface area contributed by atoms with E-state index in [0.29, 0.717) is 23.3 Å². The number of para-hydroxylation sites is 1. The molecule has 1 fully saturated rings. The second-order valence-corrected chi connectivity index (χ2v) is 8.55. The molecule has 0 saturated carbocycles. The van der Waals surface area contributed by atoms with Crippen LogP contribution in [0.1, 0.15) is 33.3 Å². The number of anilines is 1. The highest BCUT2D eigenvalue weighted by atomic mass is 35.5. The summed E-state index contributed by atoms with van der Waals surface area (Å²) in [5, 5.41) is 0.508. The van der Waals surface area contributed by atoms with Crippen LogP contribution in [0.2, 0.25) is 5.02 Å². The Kier molecular flexibility index (Phi) is 4.69. The third-order valence-electron chi connectivity index (χ3n) is 5.68. The van der Waals surface area contributed by atoms with E-state index in [0.717, 1.165) is 16.7 Å². The number of aliphatic imine (C=N–C) groups is 1. The van der Waals surface area contributed by atoms with Crippen LogP contribution in [0.4, 0.5) is 11.4 Å². The second-order valence-electron chi connectivity index (χ2n) is 8.17. The van der Waals surface area contributed by atoms with Crippen molar-refractivity contribution in [3.05, 3.63) is 53.1 Å². The fourth-order valence-corrected chi connectivity index (χ4v) is 3.53. The Labute approximate surface area is 171 Å². The highest BCUT2D eigenvalue weighted by molar-refractivity contribution is 6.66. The molecule has 7 heteroatoms. The van der Waals surface area contributed by atoms with Gasteiger partial charge in [-0.25, -0.2) is 4.99 Å². The molecule has 0 bridgehead atoms. The van der Waals surface area contributed by atoms with E-state index in [4.69, 9.17) is 30.6 Å². The number of halogens is 1. The van der Waals surface area contributed by atoms with Gasteiger partial charge in [0, 0.05) is 12.5 Å². The van der Waals surface area contributed by atoms with Crippen LogP contribution in [0.25, 0.3) is 0 Å². The Balaban J connectivity index is 1.71. The van der Waals surface area contributed by atoms with Crippen molar-refractivity contribution < 1.29 is 14.0 Å². The zero-order valence-electron chi connectivity index (χ0n) is 16.8. The van der Waals surface area contributed by atoms with Crippen LogP contribution in [0, 0.1) is 0 Å². The predicted octanol–water partition coefficient (Wildman–Crippen LogP) is 4.14. The summed E-state index contributed by atoms with van der Waals surface area (Å²) in [6, 6.07) is 13.7. The summed E-state index contributed by atoms with van der Waals surface area (Å²) in [4.78, 5) is 6.76. The Morgan fingerprint density at radius 2 is 1.68 bits per heavy atom. The minimum atomic E-state index is -0.539. The molecular weight excluding hydrogens is 375 g/mol. The standard InChI is InChI=1S/C21H24BClN2O3/c1-20(2)21(3,4)28-22(27-20)15-10-8-11-16(18(15)23)24-19-14-9-6-7-12-17(14)25(5)13-26-19/h6-12H,13H2,1-5H3. The van der Waals surface area contributed by atoms with E-state index < -0.39 is 18.3 Å². The van der Waals surface area contributed by atoms with Gasteiger partial charge in [0.1, 0.15) is 0 Å². The summed E-state index contributed by atoms with van der Waals surface area (Å²) in [7, 11) is 1.45. The molecule has 0 radical (unpaired) electrons. The van der Waals surface area contributed by atoms with Crippen LogP contribution < -0.4 is 10.4 Å². The lowest BCUT2D eigenvalue weighted by Gasteiger charge is -2.32. The summed E-state index contributed by atoms with van der Waals surface area (Å²) >= 11 is 6.72. The van der Waals surface area contributed by atoms with Crippen LogP contribution in [-0.2, 0) is 14.0 Å². The van der Waals surface area contributed by atoms with Crippen molar-refractivity contribution >= 4 is 41.5 Å². The molecule has 0 atom stereocenters. The zero-order chi connectivity index (χ0) is 20.1. The fraction of sp³-hybridized carbons (Fsp3) is 0.381. The molecular formula is C21H24BClN2O3. The molecule has 2 aromatic rings. The Morgan fingerprint density at radius 3 is 2.39 bits per heavy atom. The quantitative estimate of drug-likeness (QED) is 0.713. The molecule has 0 unspecified atom stereocenters. The summed E-state index contributed by atoms with van der Waals surface area (Å²) in [5.41, 5.74) is 2.54. The van der Waals surface area contributed by atoms with Crippen molar-refractivity contribution in [1.29, 1.82) is 0 Å². The van der Waals surface area contributed by atoms with Gasteiger partial charge >= 0.3 is 7.12 Å². The molecule has 28 heavy (non-hydrogen) atoms. The molecule has 0 amide bonds. The summed E-state index contributed by atoms with van der Waals surface area (Å²) in [5.74, 6) is 0.557. The topological polar surface area (TPSA) is 43.3 Å². The summed E-state index contributed by atoms with van der Waals surface area (Å²) in [6.07, 6.45) is 0. The largest absolute Gasteiger partial charge is 0.496 e. The molecule has 2 aliphatic rings. The summed E-state index contributed by atoms with van der Waals surface area (Å²) < 4.78 is 18.2. The number of hydrogen-bond donors (Lipinski definition) is 0. The number of ether oxygens (including phenoxy) is 1. The molecule has 2 aromatic carbocycles. The van der Waals surface area contributed by atoms with Gasteiger partial charge in [-0.15, -0.1) is 0 Å². The normalized spacial score (nSPS) is 21.6. The number of hydrogen-bond acceptors (Lipinski definition) is 5. The van der Waals surface area contributed by atoms with Crippen molar-refractivity contribution in [3.63, 3.8) is 0 Å².